The minimum absolute atomic E-state index is 0.353. The van der Waals surface area contributed by atoms with E-state index in [4.69, 9.17) is 22.1 Å². The molecule has 0 aliphatic carbocycles. The third kappa shape index (κ3) is 2.94. The van der Waals surface area contributed by atoms with Gasteiger partial charge in [0.15, 0.2) is 0 Å². The molecule has 3 nitrogen and oxygen atoms in total. The lowest BCUT2D eigenvalue weighted by molar-refractivity contribution is 0.100. The van der Waals surface area contributed by atoms with E-state index in [1.54, 1.807) is 12.1 Å². The van der Waals surface area contributed by atoms with Crippen molar-refractivity contribution >= 4 is 40.1 Å². The van der Waals surface area contributed by atoms with Gasteiger partial charge in [0.05, 0.1) is 8.59 Å². The molecule has 0 radical (unpaired) electrons. The molecule has 2 N–H and O–H groups in total. The summed E-state index contributed by atoms with van der Waals surface area (Å²) in [6.07, 6.45) is 0. The number of primary amides is 1. The Morgan fingerprint density at radius 3 is 2.50 bits per heavy atom. The lowest BCUT2D eigenvalue weighted by atomic mass is 10.2. The van der Waals surface area contributed by atoms with Gasteiger partial charge in [-0.25, -0.2) is 0 Å². The van der Waals surface area contributed by atoms with Crippen LogP contribution in [0.5, 0.6) is 11.5 Å². The van der Waals surface area contributed by atoms with E-state index in [9.17, 15) is 4.79 Å². The van der Waals surface area contributed by atoms with E-state index in [0.29, 0.717) is 22.1 Å². The summed E-state index contributed by atoms with van der Waals surface area (Å²) in [5.41, 5.74) is 5.53. The first-order valence-electron chi connectivity index (χ1n) is 5.09. The van der Waals surface area contributed by atoms with Crippen LogP contribution in [0.2, 0.25) is 5.02 Å². The average molecular weight is 374 g/mol. The molecule has 2 rings (SSSR count). The fraction of sp³-hybridized carbons (Fsp3) is 0. The van der Waals surface area contributed by atoms with Gasteiger partial charge < -0.3 is 10.5 Å². The average Bonchev–Trinajstić information content (AvgIpc) is 2.34. The second-order valence-electron chi connectivity index (χ2n) is 3.54. The van der Waals surface area contributed by atoms with Crippen LogP contribution in [0.15, 0.2) is 42.5 Å². The number of halogens is 2. The predicted molar refractivity (Wildman–Crippen MR) is 79.2 cm³/mol. The molecule has 0 saturated heterocycles. The highest BCUT2D eigenvalue weighted by Crippen LogP contribution is 2.32. The standard InChI is InChI=1S/C13H9ClINO2/c14-9-7-8(13(16)17)5-6-11(9)18-12-4-2-1-3-10(12)15/h1-7H,(H2,16,17). The van der Waals surface area contributed by atoms with Gasteiger partial charge in [-0.05, 0) is 52.9 Å². The molecule has 0 aromatic heterocycles. The van der Waals surface area contributed by atoms with Gasteiger partial charge in [-0.15, -0.1) is 0 Å². The first kappa shape index (κ1) is 13.2. The molecule has 0 bridgehead atoms. The highest BCUT2D eigenvalue weighted by molar-refractivity contribution is 14.1. The number of amides is 1. The number of para-hydroxylation sites is 1. The molecule has 1 amide bonds. The largest absolute Gasteiger partial charge is 0.455 e. The van der Waals surface area contributed by atoms with Crippen LogP contribution >= 0.6 is 34.2 Å². The van der Waals surface area contributed by atoms with Crippen LogP contribution < -0.4 is 10.5 Å². The summed E-state index contributed by atoms with van der Waals surface area (Å²) in [6, 6.07) is 12.3. The van der Waals surface area contributed by atoms with Crippen molar-refractivity contribution in [2.45, 2.75) is 0 Å². The van der Waals surface area contributed by atoms with Gasteiger partial charge in [0.1, 0.15) is 11.5 Å². The Labute approximate surface area is 123 Å². The molecule has 92 valence electrons. The van der Waals surface area contributed by atoms with Gasteiger partial charge in [-0.1, -0.05) is 23.7 Å². The van der Waals surface area contributed by atoms with Gasteiger partial charge in [0, 0.05) is 5.56 Å². The topological polar surface area (TPSA) is 52.3 Å². The molecule has 18 heavy (non-hydrogen) atoms. The third-order valence-electron chi connectivity index (χ3n) is 2.27. The van der Waals surface area contributed by atoms with E-state index in [2.05, 4.69) is 22.6 Å². The van der Waals surface area contributed by atoms with Crippen LogP contribution in [0.25, 0.3) is 0 Å². The highest BCUT2D eigenvalue weighted by atomic mass is 127. The van der Waals surface area contributed by atoms with E-state index in [0.717, 1.165) is 3.57 Å². The smallest absolute Gasteiger partial charge is 0.248 e. The van der Waals surface area contributed by atoms with Crippen molar-refractivity contribution in [3.63, 3.8) is 0 Å². The van der Waals surface area contributed by atoms with Crippen molar-refractivity contribution in [3.05, 3.63) is 56.6 Å². The summed E-state index contributed by atoms with van der Waals surface area (Å²) in [7, 11) is 0. The minimum Gasteiger partial charge on any atom is -0.455 e. The van der Waals surface area contributed by atoms with Crippen molar-refractivity contribution in [1.29, 1.82) is 0 Å². The van der Waals surface area contributed by atoms with E-state index in [-0.39, 0.29) is 0 Å². The summed E-state index contributed by atoms with van der Waals surface area (Å²) in [5.74, 6) is 0.690. The van der Waals surface area contributed by atoms with Gasteiger partial charge in [-0.3, -0.25) is 4.79 Å². The molecule has 0 heterocycles. The van der Waals surface area contributed by atoms with Crippen LogP contribution in [0.3, 0.4) is 0 Å². The van der Waals surface area contributed by atoms with Crippen molar-refractivity contribution < 1.29 is 9.53 Å². The molecule has 5 heteroatoms. The molecule has 0 unspecified atom stereocenters. The predicted octanol–water partition coefficient (Wildman–Crippen LogP) is 3.84. The fourth-order valence-electron chi connectivity index (χ4n) is 1.38. The summed E-state index contributed by atoms with van der Waals surface area (Å²) in [6.45, 7) is 0. The third-order valence-corrected chi connectivity index (χ3v) is 3.46. The molecule has 2 aromatic carbocycles. The van der Waals surface area contributed by atoms with Crippen molar-refractivity contribution in [2.24, 2.45) is 5.73 Å². The Kier molecular flexibility index (Phi) is 4.08. The maximum absolute atomic E-state index is 11.0. The number of hydrogen-bond acceptors (Lipinski definition) is 2. The van der Waals surface area contributed by atoms with E-state index < -0.39 is 5.91 Å². The zero-order valence-electron chi connectivity index (χ0n) is 9.19. The van der Waals surface area contributed by atoms with Gasteiger partial charge >= 0.3 is 0 Å². The summed E-state index contributed by atoms with van der Waals surface area (Å²) in [5, 5.41) is 0.353. The van der Waals surface area contributed by atoms with Crippen LogP contribution in [0.4, 0.5) is 0 Å². The first-order valence-corrected chi connectivity index (χ1v) is 6.55. The van der Waals surface area contributed by atoms with Crippen LogP contribution in [0.1, 0.15) is 10.4 Å². The van der Waals surface area contributed by atoms with E-state index in [1.807, 2.05) is 24.3 Å². The Bertz CT molecular complexity index is 601. The quantitative estimate of drug-likeness (QED) is 0.831. The molecular formula is C13H9ClINO2. The van der Waals surface area contributed by atoms with Crippen molar-refractivity contribution in [2.75, 3.05) is 0 Å². The number of carbonyl (C=O) groups is 1. The Morgan fingerprint density at radius 2 is 1.89 bits per heavy atom. The van der Waals surface area contributed by atoms with E-state index in [1.165, 1.54) is 6.07 Å². The molecule has 0 atom stereocenters. The monoisotopic (exact) mass is 373 g/mol. The van der Waals surface area contributed by atoms with Gasteiger partial charge in [-0.2, -0.15) is 0 Å². The summed E-state index contributed by atoms with van der Waals surface area (Å²) in [4.78, 5) is 11.0. The molecule has 0 spiro atoms. The minimum atomic E-state index is -0.516. The number of ether oxygens (including phenoxy) is 1. The first-order chi connectivity index (χ1) is 8.58. The molecule has 2 aromatic rings. The van der Waals surface area contributed by atoms with Crippen molar-refractivity contribution in [1.82, 2.24) is 0 Å². The number of nitrogens with two attached hydrogens (primary N) is 1. The zero-order valence-corrected chi connectivity index (χ0v) is 12.1. The highest BCUT2D eigenvalue weighted by Gasteiger charge is 2.08. The number of hydrogen-bond donors (Lipinski definition) is 1. The SMILES string of the molecule is NC(=O)c1ccc(Oc2ccccc2I)c(Cl)c1. The molecule has 0 saturated carbocycles. The lowest BCUT2D eigenvalue weighted by Crippen LogP contribution is -2.10. The van der Waals surface area contributed by atoms with Crippen molar-refractivity contribution in [3.8, 4) is 11.5 Å². The fourth-order valence-corrected chi connectivity index (χ4v) is 2.10. The van der Waals surface area contributed by atoms with Crippen LogP contribution in [0, 0.1) is 3.57 Å². The molecule has 0 aliphatic rings. The Hall–Kier alpha value is -1.27. The normalized spacial score (nSPS) is 10.1. The summed E-state index contributed by atoms with van der Waals surface area (Å²) >= 11 is 8.21. The molecule has 0 fully saturated rings. The second kappa shape index (κ2) is 5.58. The second-order valence-corrected chi connectivity index (χ2v) is 5.11. The number of rotatable bonds is 3. The number of benzene rings is 2. The maximum atomic E-state index is 11.0. The van der Waals surface area contributed by atoms with Crippen LogP contribution in [-0.4, -0.2) is 5.91 Å². The number of carbonyl (C=O) groups excluding carboxylic acids is 1. The van der Waals surface area contributed by atoms with E-state index >= 15 is 0 Å². The van der Waals surface area contributed by atoms with Crippen LogP contribution in [-0.2, 0) is 0 Å². The zero-order chi connectivity index (χ0) is 13.1. The Balaban J connectivity index is 2.30. The maximum Gasteiger partial charge on any atom is 0.248 e. The van der Waals surface area contributed by atoms with Gasteiger partial charge in [0.2, 0.25) is 5.91 Å². The lowest BCUT2D eigenvalue weighted by Gasteiger charge is -2.09. The summed E-state index contributed by atoms with van der Waals surface area (Å²) < 4.78 is 6.66. The Morgan fingerprint density at radius 1 is 1.17 bits per heavy atom. The van der Waals surface area contributed by atoms with Gasteiger partial charge in [0.25, 0.3) is 0 Å². The molecule has 0 aliphatic heterocycles. The molecular weight excluding hydrogens is 365 g/mol.